The number of rotatable bonds is 10. The summed E-state index contributed by atoms with van der Waals surface area (Å²) < 4.78 is 10.9. The Balaban J connectivity index is 0.000000493. The minimum atomic E-state index is -1.26. The van der Waals surface area contributed by atoms with Crippen molar-refractivity contribution in [2.45, 2.75) is 38.5 Å². The summed E-state index contributed by atoms with van der Waals surface area (Å²) in [5, 5.41) is 22.2. The van der Waals surface area contributed by atoms with E-state index in [-0.39, 0.29) is 17.7 Å². The van der Waals surface area contributed by atoms with E-state index in [4.69, 9.17) is 24.8 Å². The van der Waals surface area contributed by atoms with E-state index >= 15 is 0 Å². The van der Waals surface area contributed by atoms with E-state index in [1.165, 1.54) is 0 Å². The zero-order valence-electron chi connectivity index (χ0n) is 21.5. The van der Waals surface area contributed by atoms with Crippen LogP contribution in [0.5, 0.6) is 11.5 Å². The van der Waals surface area contributed by atoms with Crippen LogP contribution in [0.4, 0.5) is 0 Å². The van der Waals surface area contributed by atoms with Gasteiger partial charge in [0.25, 0.3) is 0 Å². The minimum Gasteiger partial charge on any atom is -0.493 e. The van der Waals surface area contributed by atoms with Crippen LogP contribution < -0.4 is 9.47 Å². The maximum atomic E-state index is 13.1. The van der Waals surface area contributed by atoms with Gasteiger partial charge in [-0.1, -0.05) is 12.8 Å². The van der Waals surface area contributed by atoms with Gasteiger partial charge in [-0.05, 0) is 64.5 Å². The van der Waals surface area contributed by atoms with E-state index in [2.05, 4.69) is 19.0 Å². The van der Waals surface area contributed by atoms with Gasteiger partial charge in [-0.15, -0.1) is 0 Å². The Kier molecular flexibility index (Phi) is 11.4. The van der Waals surface area contributed by atoms with Crippen molar-refractivity contribution < 1.29 is 34.1 Å². The number of amides is 1. The quantitative estimate of drug-likeness (QED) is 0.368. The summed E-state index contributed by atoms with van der Waals surface area (Å²) in [6, 6.07) is 5.95. The Bertz CT molecular complexity index is 958. The van der Waals surface area contributed by atoms with E-state index in [0.29, 0.717) is 30.2 Å². The van der Waals surface area contributed by atoms with Crippen LogP contribution >= 0.6 is 0 Å². The second-order valence-electron chi connectivity index (χ2n) is 9.03. The number of benzene rings is 1. The number of hydrazone groups is 1. The molecule has 198 valence electrons. The average Bonchev–Trinajstić information content (AvgIpc) is 2.86. The summed E-state index contributed by atoms with van der Waals surface area (Å²) in [4.78, 5) is 34.3. The van der Waals surface area contributed by atoms with Crippen molar-refractivity contribution >= 4 is 23.6 Å². The molecule has 0 saturated heterocycles. The molecule has 1 saturated carbocycles. The highest BCUT2D eigenvalue weighted by Gasteiger charge is 2.41. The molecule has 1 aromatic rings. The van der Waals surface area contributed by atoms with Crippen molar-refractivity contribution in [3.05, 3.63) is 35.9 Å². The lowest BCUT2D eigenvalue weighted by atomic mass is 9.73. The van der Waals surface area contributed by atoms with Crippen LogP contribution in [-0.2, 0) is 14.4 Å². The number of unbranched alkanes of at least 4 members (excludes halogenated alkanes) is 1. The number of aliphatic carboxylic acids is 2. The van der Waals surface area contributed by atoms with E-state index in [1.807, 2.05) is 18.2 Å². The number of carboxylic acids is 2. The Morgan fingerprint density at radius 1 is 1.03 bits per heavy atom. The summed E-state index contributed by atoms with van der Waals surface area (Å²) in [6.45, 7) is 1.72. The van der Waals surface area contributed by atoms with Crippen LogP contribution in [0.3, 0.4) is 0 Å². The van der Waals surface area contributed by atoms with Crippen molar-refractivity contribution in [1.29, 1.82) is 0 Å². The number of methoxy groups -OCH3 is 2. The highest BCUT2D eigenvalue weighted by Crippen LogP contribution is 2.39. The summed E-state index contributed by atoms with van der Waals surface area (Å²) in [5.41, 5.74) is 2.05. The first-order chi connectivity index (χ1) is 17.2. The third-order valence-electron chi connectivity index (χ3n) is 6.19. The minimum absolute atomic E-state index is 0.0585. The number of nitrogens with zero attached hydrogens (tertiary/aromatic N) is 3. The number of hydrogen-bond acceptors (Lipinski definition) is 7. The molecule has 10 nitrogen and oxygen atoms in total. The van der Waals surface area contributed by atoms with E-state index in [1.54, 1.807) is 19.2 Å². The Morgan fingerprint density at radius 2 is 1.64 bits per heavy atom. The van der Waals surface area contributed by atoms with Crippen molar-refractivity contribution in [2.24, 2.45) is 16.9 Å². The third kappa shape index (κ3) is 8.37. The van der Waals surface area contributed by atoms with Crippen molar-refractivity contribution in [3.63, 3.8) is 0 Å². The first kappa shape index (κ1) is 28.8. The molecule has 1 aromatic carbocycles. The number of hydrogen-bond donors (Lipinski definition) is 2. The van der Waals surface area contributed by atoms with Crippen molar-refractivity contribution in [3.8, 4) is 11.5 Å². The molecule has 2 atom stereocenters. The fourth-order valence-corrected chi connectivity index (χ4v) is 4.46. The van der Waals surface area contributed by atoms with Gasteiger partial charge in [0, 0.05) is 36.1 Å². The van der Waals surface area contributed by atoms with Gasteiger partial charge in [0.05, 0.1) is 19.9 Å². The molecule has 0 radical (unpaired) electrons. The first-order valence-electron chi connectivity index (χ1n) is 12.1. The largest absolute Gasteiger partial charge is 0.493 e. The standard InChI is InChI=1S/C22H33N3O3.C4H4O4/c1-24(2)13-7-8-14-25-22(26)18-10-6-5-9-17(18)21(23-25)16-11-12-19(27-3)20(15-16)28-4;5-3(6)1-2-4(7)8/h11-12,15,17-18H,5-10,13-14H2,1-4H3;1-2H,(H,5,6)(H,7,8)/t17-,18+;/m0./s1. The second-order valence-corrected chi connectivity index (χ2v) is 9.03. The summed E-state index contributed by atoms with van der Waals surface area (Å²) >= 11 is 0. The molecule has 10 heteroatoms. The van der Waals surface area contributed by atoms with Gasteiger partial charge in [0.15, 0.2) is 11.5 Å². The molecule has 2 N–H and O–H groups in total. The maximum absolute atomic E-state index is 13.1. The molecule has 0 unspecified atom stereocenters. The third-order valence-corrected chi connectivity index (χ3v) is 6.19. The van der Waals surface area contributed by atoms with Crippen LogP contribution in [0.1, 0.15) is 44.1 Å². The highest BCUT2D eigenvalue weighted by atomic mass is 16.5. The maximum Gasteiger partial charge on any atom is 0.328 e. The lowest BCUT2D eigenvalue weighted by Gasteiger charge is -2.38. The zero-order valence-corrected chi connectivity index (χ0v) is 21.5. The van der Waals surface area contributed by atoms with Crippen LogP contribution in [-0.4, -0.2) is 85.1 Å². The van der Waals surface area contributed by atoms with E-state index < -0.39 is 11.9 Å². The van der Waals surface area contributed by atoms with Crippen LogP contribution in [0.2, 0.25) is 0 Å². The highest BCUT2D eigenvalue weighted by molar-refractivity contribution is 6.07. The van der Waals surface area contributed by atoms with Gasteiger partial charge in [-0.2, -0.15) is 5.10 Å². The van der Waals surface area contributed by atoms with Crippen molar-refractivity contribution in [2.75, 3.05) is 41.4 Å². The lowest BCUT2D eigenvalue weighted by molar-refractivity contribution is -0.139. The molecule has 0 aromatic heterocycles. The van der Waals surface area contributed by atoms with Gasteiger partial charge >= 0.3 is 11.9 Å². The fraction of sp³-hybridized carbons (Fsp3) is 0.538. The van der Waals surface area contributed by atoms with Crippen molar-refractivity contribution in [1.82, 2.24) is 9.91 Å². The van der Waals surface area contributed by atoms with Gasteiger partial charge in [0.1, 0.15) is 0 Å². The predicted octanol–water partition coefficient (Wildman–Crippen LogP) is 3.11. The number of carbonyl (C=O) groups is 3. The first-order valence-corrected chi connectivity index (χ1v) is 12.1. The molecule has 1 amide bonds. The number of carboxylic acid groups (broad SMARTS) is 2. The second kappa shape index (κ2) is 14.2. The molecule has 1 fully saturated rings. The molecule has 36 heavy (non-hydrogen) atoms. The molecule has 0 bridgehead atoms. The molecule has 1 aliphatic heterocycles. The lowest BCUT2D eigenvalue weighted by Crippen LogP contribution is -2.46. The number of ether oxygens (including phenoxy) is 2. The van der Waals surface area contributed by atoms with Gasteiger partial charge < -0.3 is 24.6 Å². The monoisotopic (exact) mass is 503 g/mol. The van der Waals surface area contributed by atoms with Gasteiger partial charge in [-0.3, -0.25) is 4.79 Å². The smallest absolute Gasteiger partial charge is 0.328 e. The molecule has 0 spiro atoms. The van der Waals surface area contributed by atoms with Crippen LogP contribution in [0, 0.1) is 11.8 Å². The molecule has 1 heterocycles. The Labute approximate surface area is 212 Å². The van der Waals surface area contributed by atoms with Gasteiger partial charge in [0.2, 0.25) is 5.91 Å². The Morgan fingerprint density at radius 3 is 2.19 bits per heavy atom. The molecular weight excluding hydrogens is 466 g/mol. The molecule has 2 aliphatic rings. The predicted molar refractivity (Wildman–Crippen MR) is 135 cm³/mol. The summed E-state index contributed by atoms with van der Waals surface area (Å²) in [7, 11) is 7.44. The zero-order chi connectivity index (χ0) is 26.7. The van der Waals surface area contributed by atoms with E-state index in [0.717, 1.165) is 56.3 Å². The SMILES string of the molecule is COc1ccc(C2=NN(CCCCN(C)C)C(=O)[C@@H]3CCCC[C@H]23)cc1OC.O=C(O)C=CC(=O)O. The average molecular weight is 504 g/mol. The normalized spacial score (nSPS) is 19.3. The fourth-order valence-electron chi connectivity index (χ4n) is 4.46. The van der Waals surface area contributed by atoms with E-state index in [9.17, 15) is 14.4 Å². The molecular formula is C26H37N3O7. The molecule has 3 rings (SSSR count). The molecule has 1 aliphatic carbocycles. The van der Waals surface area contributed by atoms with Crippen LogP contribution in [0.15, 0.2) is 35.5 Å². The number of carbonyl (C=O) groups excluding carboxylic acids is 1. The van der Waals surface area contributed by atoms with Gasteiger partial charge in [-0.25, -0.2) is 14.6 Å². The summed E-state index contributed by atoms with van der Waals surface area (Å²) in [6.07, 6.45) is 7.41. The van der Waals surface area contributed by atoms with Crippen LogP contribution in [0.25, 0.3) is 0 Å². The summed E-state index contributed by atoms with van der Waals surface area (Å²) in [5.74, 6) is -0.636. The topological polar surface area (TPSA) is 129 Å². The number of fused-ring (bicyclic) bond motifs is 1. The Hall–Kier alpha value is -3.40.